The van der Waals surface area contributed by atoms with E-state index in [4.69, 9.17) is 4.74 Å². The molecule has 122 valence electrons. The number of amides is 1. The Morgan fingerprint density at radius 2 is 1.74 bits per heavy atom. The van der Waals surface area contributed by atoms with Gasteiger partial charge in [0.2, 0.25) is 5.91 Å². The second-order valence-electron chi connectivity index (χ2n) is 5.66. The van der Waals surface area contributed by atoms with E-state index >= 15 is 0 Å². The molecule has 0 heterocycles. The van der Waals surface area contributed by atoms with E-state index in [2.05, 4.69) is 40.0 Å². The van der Waals surface area contributed by atoms with Gasteiger partial charge in [-0.2, -0.15) is 0 Å². The third kappa shape index (κ3) is 5.23. The number of benzene rings is 2. The number of anilines is 1. The highest BCUT2D eigenvalue weighted by Crippen LogP contribution is 2.23. The van der Waals surface area contributed by atoms with Gasteiger partial charge in [0.25, 0.3) is 0 Å². The summed E-state index contributed by atoms with van der Waals surface area (Å²) in [6.07, 6.45) is 2.25. The van der Waals surface area contributed by atoms with Crippen LogP contribution in [0.2, 0.25) is 0 Å². The Morgan fingerprint density at radius 3 is 2.30 bits per heavy atom. The Kier molecular flexibility index (Phi) is 6.45. The lowest BCUT2D eigenvalue weighted by atomic mass is 10.1. The Balaban J connectivity index is 1.85. The first-order chi connectivity index (χ1) is 11.0. The summed E-state index contributed by atoms with van der Waals surface area (Å²) in [5.41, 5.74) is 4.39. The van der Waals surface area contributed by atoms with Crippen molar-refractivity contribution in [3.63, 3.8) is 0 Å². The molecular formula is C19H22INO2. The van der Waals surface area contributed by atoms with Gasteiger partial charge < -0.3 is 10.1 Å². The van der Waals surface area contributed by atoms with Gasteiger partial charge in [0.05, 0.1) is 7.11 Å². The quantitative estimate of drug-likeness (QED) is 0.673. The Labute approximate surface area is 151 Å². The van der Waals surface area contributed by atoms with Crippen molar-refractivity contribution in [1.82, 2.24) is 0 Å². The van der Waals surface area contributed by atoms with Crippen LogP contribution in [0.5, 0.6) is 5.75 Å². The summed E-state index contributed by atoms with van der Waals surface area (Å²) in [6, 6.07) is 12.2. The van der Waals surface area contributed by atoms with Crippen LogP contribution < -0.4 is 10.1 Å². The van der Waals surface area contributed by atoms with Gasteiger partial charge in [-0.15, -0.1) is 0 Å². The van der Waals surface area contributed by atoms with Crippen molar-refractivity contribution in [3.05, 3.63) is 56.7 Å². The van der Waals surface area contributed by atoms with Gasteiger partial charge in [-0.1, -0.05) is 12.1 Å². The number of carbonyl (C=O) groups excluding carboxylic acids is 1. The molecule has 0 aliphatic carbocycles. The number of carbonyl (C=O) groups is 1. The normalized spacial score (nSPS) is 10.4. The lowest BCUT2D eigenvalue weighted by Gasteiger charge is -2.12. The molecular weight excluding hydrogens is 401 g/mol. The molecule has 0 radical (unpaired) electrons. The topological polar surface area (TPSA) is 38.3 Å². The van der Waals surface area contributed by atoms with Gasteiger partial charge in [-0.05, 0) is 90.2 Å². The minimum atomic E-state index is 0.0749. The average Bonchev–Trinajstić information content (AvgIpc) is 2.51. The number of methoxy groups -OCH3 is 1. The van der Waals surface area contributed by atoms with Crippen LogP contribution in [-0.2, 0) is 11.2 Å². The number of hydrogen-bond acceptors (Lipinski definition) is 2. The molecule has 0 fully saturated rings. The smallest absolute Gasteiger partial charge is 0.224 e. The molecule has 2 aromatic carbocycles. The van der Waals surface area contributed by atoms with Crippen LogP contribution in [0.15, 0.2) is 36.4 Å². The first kappa shape index (κ1) is 17.8. The van der Waals surface area contributed by atoms with Crippen molar-refractivity contribution in [1.29, 1.82) is 0 Å². The molecule has 0 saturated heterocycles. The maximum absolute atomic E-state index is 12.2. The molecule has 0 aromatic heterocycles. The largest absolute Gasteiger partial charge is 0.497 e. The van der Waals surface area contributed by atoms with E-state index in [1.54, 1.807) is 7.11 Å². The Hall–Kier alpha value is -1.56. The Morgan fingerprint density at radius 1 is 1.13 bits per heavy atom. The van der Waals surface area contributed by atoms with E-state index in [1.165, 1.54) is 9.13 Å². The minimum Gasteiger partial charge on any atom is -0.497 e. The van der Waals surface area contributed by atoms with Crippen LogP contribution >= 0.6 is 22.6 Å². The maximum Gasteiger partial charge on any atom is 0.224 e. The molecule has 1 amide bonds. The Bertz CT molecular complexity index is 657. The van der Waals surface area contributed by atoms with E-state index in [0.717, 1.165) is 35.4 Å². The van der Waals surface area contributed by atoms with Gasteiger partial charge in [0, 0.05) is 15.7 Å². The molecule has 1 N–H and O–H groups in total. The zero-order chi connectivity index (χ0) is 16.8. The standard InChI is InChI=1S/C19H22INO2/c1-13-11-16(20)12-14(2)19(13)21-18(22)6-4-5-15-7-9-17(23-3)10-8-15/h7-12H,4-6H2,1-3H3,(H,21,22). The number of aryl methyl sites for hydroxylation is 3. The van der Waals surface area contributed by atoms with Crippen molar-refractivity contribution in [2.45, 2.75) is 33.1 Å². The van der Waals surface area contributed by atoms with Crippen molar-refractivity contribution in [2.75, 3.05) is 12.4 Å². The average molecular weight is 423 g/mol. The van der Waals surface area contributed by atoms with E-state index in [9.17, 15) is 4.79 Å². The van der Waals surface area contributed by atoms with Crippen LogP contribution in [0.4, 0.5) is 5.69 Å². The third-order valence-electron chi connectivity index (χ3n) is 3.79. The highest BCUT2D eigenvalue weighted by molar-refractivity contribution is 14.1. The number of halogens is 1. The molecule has 4 heteroatoms. The summed E-state index contributed by atoms with van der Waals surface area (Å²) >= 11 is 2.29. The van der Waals surface area contributed by atoms with Crippen molar-refractivity contribution >= 4 is 34.2 Å². The summed E-state index contributed by atoms with van der Waals surface area (Å²) in [5, 5.41) is 3.05. The van der Waals surface area contributed by atoms with Crippen LogP contribution in [0.25, 0.3) is 0 Å². The summed E-state index contributed by atoms with van der Waals surface area (Å²) in [7, 11) is 1.66. The zero-order valence-electron chi connectivity index (χ0n) is 13.8. The summed E-state index contributed by atoms with van der Waals surface area (Å²) in [5.74, 6) is 0.932. The van der Waals surface area contributed by atoms with Crippen LogP contribution in [0.1, 0.15) is 29.5 Å². The zero-order valence-corrected chi connectivity index (χ0v) is 15.9. The van der Waals surface area contributed by atoms with Crippen LogP contribution in [0, 0.1) is 17.4 Å². The van der Waals surface area contributed by atoms with Gasteiger partial charge in [0.15, 0.2) is 0 Å². The predicted molar refractivity (Wildman–Crippen MR) is 103 cm³/mol. The molecule has 0 aliphatic heterocycles. The maximum atomic E-state index is 12.2. The van der Waals surface area contributed by atoms with Gasteiger partial charge in [-0.3, -0.25) is 4.79 Å². The monoisotopic (exact) mass is 423 g/mol. The highest BCUT2D eigenvalue weighted by atomic mass is 127. The third-order valence-corrected chi connectivity index (χ3v) is 4.41. The summed E-state index contributed by atoms with van der Waals surface area (Å²) in [6.45, 7) is 4.06. The van der Waals surface area contributed by atoms with Gasteiger partial charge in [-0.25, -0.2) is 0 Å². The second kappa shape index (κ2) is 8.34. The van der Waals surface area contributed by atoms with Crippen molar-refractivity contribution in [3.8, 4) is 5.75 Å². The lowest BCUT2D eigenvalue weighted by Crippen LogP contribution is -2.13. The fourth-order valence-corrected chi connectivity index (χ4v) is 3.49. The molecule has 0 bridgehead atoms. The van der Waals surface area contributed by atoms with Crippen molar-refractivity contribution in [2.24, 2.45) is 0 Å². The first-order valence-electron chi connectivity index (χ1n) is 7.69. The molecule has 0 atom stereocenters. The van der Waals surface area contributed by atoms with Gasteiger partial charge in [0.1, 0.15) is 5.75 Å². The van der Waals surface area contributed by atoms with Gasteiger partial charge >= 0.3 is 0 Å². The minimum absolute atomic E-state index is 0.0749. The van der Waals surface area contributed by atoms with E-state index in [1.807, 2.05) is 38.1 Å². The number of nitrogens with one attached hydrogen (secondary N) is 1. The lowest BCUT2D eigenvalue weighted by molar-refractivity contribution is -0.116. The SMILES string of the molecule is COc1ccc(CCCC(=O)Nc2c(C)cc(I)cc2C)cc1. The molecule has 0 aliphatic rings. The number of rotatable bonds is 6. The first-order valence-corrected chi connectivity index (χ1v) is 8.77. The molecule has 0 spiro atoms. The summed E-state index contributed by atoms with van der Waals surface area (Å²) < 4.78 is 6.33. The molecule has 2 aromatic rings. The summed E-state index contributed by atoms with van der Waals surface area (Å²) in [4.78, 5) is 12.2. The van der Waals surface area contributed by atoms with E-state index in [-0.39, 0.29) is 5.91 Å². The molecule has 0 saturated carbocycles. The molecule has 3 nitrogen and oxygen atoms in total. The molecule has 2 rings (SSSR count). The van der Waals surface area contributed by atoms with Crippen LogP contribution in [0.3, 0.4) is 0 Å². The van der Waals surface area contributed by atoms with Crippen LogP contribution in [-0.4, -0.2) is 13.0 Å². The number of ether oxygens (including phenoxy) is 1. The molecule has 23 heavy (non-hydrogen) atoms. The van der Waals surface area contributed by atoms with E-state index < -0.39 is 0 Å². The highest BCUT2D eigenvalue weighted by Gasteiger charge is 2.08. The predicted octanol–water partition coefficient (Wildman–Crippen LogP) is 4.88. The van der Waals surface area contributed by atoms with Crippen molar-refractivity contribution < 1.29 is 9.53 Å². The van der Waals surface area contributed by atoms with E-state index in [0.29, 0.717) is 6.42 Å². The fraction of sp³-hybridized carbons (Fsp3) is 0.316. The number of hydrogen-bond donors (Lipinski definition) is 1. The second-order valence-corrected chi connectivity index (χ2v) is 6.91. The fourth-order valence-electron chi connectivity index (χ4n) is 2.56. The molecule has 0 unspecified atom stereocenters.